The van der Waals surface area contributed by atoms with Crippen molar-refractivity contribution in [1.29, 1.82) is 0 Å². The van der Waals surface area contributed by atoms with Crippen LogP contribution in [0.4, 0.5) is 24.8 Å². The van der Waals surface area contributed by atoms with E-state index in [0.29, 0.717) is 24.6 Å². The first kappa shape index (κ1) is 44.8. The van der Waals surface area contributed by atoms with Gasteiger partial charge >= 0.3 is 6.18 Å². The molecular formula is C49H47ClF3N7O5. The van der Waals surface area contributed by atoms with Gasteiger partial charge in [-0.2, -0.15) is 13.2 Å². The molecule has 3 N–H and O–H groups in total. The van der Waals surface area contributed by atoms with E-state index in [-0.39, 0.29) is 63.9 Å². The molecule has 1 aliphatic carbocycles. The highest BCUT2D eigenvalue weighted by Gasteiger charge is 2.45. The average molecular weight is 906 g/mol. The lowest BCUT2D eigenvalue weighted by molar-refractivity contribution is -0.137. The maximum Gasteiger partial charge on any atom is 0.418 e. The molecule has 0 amide bonds. The topological polar surface area (TPSA) is 136 Å². The third-order valence-electron chi connectivity index (χ3n) is 11.5. The SMILES string of the molecule is COc1ccc(CNc2ncccc2C2(NCCOc3c(Cl)c(-c4nc(N(Cc5ccc(OC)cc5)Cc5ccc(OC)cc5)cc(C)c4C(F)(F)F)cc4nc[nH]c(=O)c34)CC2)cc1. The van der Waals surface area contributed by atoms with E-state index < -0.39 is 23.0 Å². The summed E-state index contributed by atoms with van der Waals surface area (Å²) in [7, 11) is 4.78. The molecule has 3 heterocycles. The Balaban J connectivity index is 1.11. The Labute approximate surface area is 378 Å². The van der Waals surface area contributed by atoms with Gasteiger partial charge in [0, 0.05) is 49.0 Å². The monoisotopic (exact) mass is 905 g/mol. The molecule has 12 nitrogen and oxygen atoms in total. The molecule has 0 aliphatic heterocycles. The number of ether oxygens (including phenoxy) is 4. The van der Waals surface area contributed by atoms with Crippen molar-refractivity contribution in [3.8, 4) is 34.3 Å². The lowest BCUT2D eigenvalue weighted by Gasteiger charge is -2.27. The summed E-state index contributed by atoms with van der Waals surface area (Å²) in [6.07, 6.45) is -0.230. The van der Waals surface area contributed by atoms with Crippen molar-refractivity contribution in [3.05, 3.63) is 158 Å². The largest absolute Gasteiger partial charge is 0.497 e. The van der Waals surface area contributed by atoms with Crippen LogP contribution in [-0.2, 0) is 31.3 Å². The number of rotatable bonds is 18. The number of aryl methyl sites for hydroxylation is 1. The molecule has 7 aromatic rings. The summed E-state index contributed by atoms with van der Waals surface area (Å²) in [6.45, 7) is 2.84. The van der Waals surface area contributed by atoms with E-state index in [0.717, 1.165) is 46.7 Å². The summed E-state index contributed by atoms with van der Waals surface area (Å²) in [4.78, 5) is 31.6. The van der Waals surface area contributed by atoms with Crippen LogP contribution in [0.5, 0.6) is 23.0 Å². The van der Waals surface area contributed by atoms with Crippen LogP contribution in [0, 0.1) is 6.92 Å². The number of alkyl halides is 3. The Hall–Kier alpha value is -6.84. The molecule has 1 saturated carbocycles. The van der Waals surface area contributed by atoms with Gasteiger partial charge in [0.05, 0.1) is 49.5 Å². The van der Waals surface area contributed by atoms with E-state index in [4.69, 9.17) is 35.5 Å². The van der Waals surface area contributed by atoms with E-state index >= 15 is 13.2 Å². The van der Waals surface area contributed by atoms with Crippen LogP contribution in [0.15, 0.2) is 114 Å². The third kappa shape index (κ3) is 9.96. The van der Waals surface area contributed by atoms with Gasteiger partial charge in [0.2, 0.25) is 0 Å². The number of hydrogen-bond acceptors (Lipinski definition) is 11. The maximum atomic E-state index is 15.2. The van der Waals surface area contributed by atoms with Crippen LogP contribution in [0.1, 0.15) is 46.2 Å². The zero-order valence-corrected chi connectivity index (χ0v) is 36.9. The van der Waals surface area contributed by atoms with Gasteiger partial charge in [-0.3, -0.25) is 4.79 Å². The quantitative estimate of drug-likeness (QED) is 0.0711. The molecule has 0 saturated heterocycles. The highest BCUT2D eigenvalue weighted by atomic mass is 35.5. The van der Waals surface area contributed by atoms with Crippen molar-refractivity contribution >= 4 is 34.1 Å². The first-order valence-corrected chi connectivity index (χ1v) is 21.3. The summed E-state index contributed by atoms with van der Waals surface area (Å²) >= 11 is 7.12. The van der Waals surface area contributed by atoms with Gasteiger partial charge in [-0.05, 0) is 96.6 Å². The second-order valence-corrected chi connectivity index (χ2v) is 16.1. The summed E-state index contributed by atoms with van der Waals surface area (Å²) in [5, 5.41) is 6.86. The number of aromatic amines is 1. The molecule has 0 unspecified atom stereocenters. The molecule has 3 aromatic heterocycles. The first-order valence-electron chi connectivity index (χ1n) is 20.9. The van der Waals surface area contributed by atoms with Gasteiger partial charge in [0.15, 0.2) is 5.75 Å². The number of fused-ring (bicyclic) bond motifs is 1. The zero-order valence-electron chi connectivity index (χ0n) is 36.2. The van der Waals surface area contributed by atoms with E-state index in [2.05, 4.69) is 25.6 Å². The average Bonchev–Trinajstić information content (AvgIpc) is 4.10. The summed E-state index contributed by atoms with van der Waals surface area (Å²) in [5.74, 6) is 3.01. The number of hydrogen-bond donors (Lipinski definition) is 3. The Bertz CT molecular complexity index is 2790. The number of methoxy groups -OCH3 is 3. The molecule has 0 radical (unpaired) electrons. The second-order valence-electron chi connectivity index (χ2n) is 15.7. The molecule has 1 fully saturated rings. The molecule has 0 spiro atoms. The van der Waals surface area contributed by atoms with E-state index in [1.165, 1.54) is 25.4 Å². The van der Waals surface area contributed by atoms with Gasteiger partial charge in [0.25, 0.3) is 5.56 Å². The second kappa shape index (κ2) is 19.1. The molecule has 336 valence electrons. The third-order valence-corrected chi connectivity index (χ3v) is 11.8. The zero-order chi connectivity index (χ0) is 45.7. The lowest BCUT2D eigenvalue weighted by Crippen LogP contribution is -2.33. The van der Waals surface area contributed by atoms with Gasteiger partial charge < -0.3 is 39.5 Å². The Morgan fingerprint density at radius 1 is 0.831 bits per heavy atom. The Kier molecular flexibility index (Phi) is 13.1. The minimum atomic E-state index is -4.83. The van der Waals surface area contributed by atoms with Gasteiger partial charge in [0.1, 0.15) is 40.9 Å². The van der Waals surface area contributed by atoms with E-state index in [1.807, 2.05) is 89.8 Å². The Morgan fingerprint density at radius 2 is 1.43 bits per heavy atom. The molecule has 1 aliphatic rings. The molecule has 0 bridgehead atoms. The maximum absolute atomic E-state index is 15.2. The van der Waals surface area contributed by atoms with Crippen molar-refractivity contribution in [1.82, 2.24) is 25.3 Å². The van der Waals surface area contributed by atoms with Gasteiger partial charge in [-0.25, -0.2) is 15.0 Å². The van der Waals surface area contributed by atoms with Crippen molar-refractivity contribution in [3.63, 3.8) is 0 Å². The number of nitrogens with zero attached hydrogens (tertiary/aromatic N) is 4. The summed E-state index contributed by atoms with van der Waals surface area (Å²) < 4.78 is 68.0. The van der Waals surface area contributed by atoms with Crippen LogP contribution in [-0.4, -0.2) is 54.4 Å². The number of nitrogens with one attached hydrogen (secondary N) is 3. The number of H-pyrrole nitrogens is 1. The van der Waals surface area contributed by atoms with E-state index in [9.17, 15) is 4.79 Å². The minimum absolute atomic E-state index is 0.00161. The highest BCUT2D eigenvalue weighted by molar-refractivity contribution is 6.36. The first-order chi connectivity index (χ1) is 31.4. The number of halogens is 4. The molecule has 0 atom stereocenters. The standard InChI is InChI=1S/C49H47ClF3N7O5/c1-30-24-40(60(27-32-9-15-35(63-3)16-10-32)28-33-11-17-36(64-4)18-12-33)59-44(42(30)49(51,52)53)37-25-39-41(47(61)57-29-56-39)45(43(37)50)65-23-22-58-48(19-20-48)38-6-5-21-54-46(38)55-26-31-7-13-34(62-2)14-8-31/h5-18,21,24-25,29,58H,19-20,22-23,26-28H2,1-4H3,(H,54,55)(H,56,57,61). The van der Waals surface area contributed by atoms with Crippen LogP contribution in [0.3, 0.4) is 0 Å². The smallest absolute Gasteiger partial charge is 0.418 e. The summed E-state index contributed by atoms with van der Waals surface area (Å²) in [6, 6.07) is 29.3. The molecular weight excluding hydrogens is 859 g/mol. The predicted molar refractivity (Wildman–Crippen MR) is 245 cm³/mol. The highest BCUT2D eigenvalue weighted by Crippen LogP contribution is 2.48. The number of anilines is 2. The molecule has 16 heteroatoms. The number of aromatic nitrogens is 4. The molecule has 4 aromatic carbocycles. The van der Waals surface area contributed by atoms with Crippen molar-refractivity contribution in [2.75, 3.05) is 44.7 Å². The number of benzene rings is 4. The van der Waals surface area contributed by atoms with Crippen LogP contribution in [0.2, 0.25) is 5.02 Å². The fraction of sp³-hybridized carbons (Fsp3) is 0.265. The minimum Gasteiger partial charge on any atom is -0.497 e. The van der Waals surface area contributed by atoms with Gasteiger partial charge in [-0.1, -0.05) is 54.1 Å². The predicted octanol–water partition coefficient (Wildman–Crippen LogP) is 9.86. The van der Waals surface area contributed by atoms with Crippen molar-refractivity contribution < 1.29 is 32.1 Å². The fourth-order valence-electron chi connectivity index (χ4n) is 7.94. The van der Waals surface area contributed by atoms with Crippen LogP contribution >= 0.6 is 11.6 Å². The van der Waals surface area contributed by atoms with Gasteiger partial charge in [-0.15, -0.1) is 0 Å². The normalized spacial score (nSPS) is 13.0. The van der Waals surface area contributed by atoms with Crippen molar-refractivity contribution in [2.45, 2.75) is 51.1 Å². The summed E-state index contributed by atoms with van der Waals surface area (Å²) in [5.41, 5.74) is 1.36. The lowest BCUT2D eigenvalue weighted by atomic mass is 9.99. The van der Waals surface area contributed by atoms with Crippen LogP contribution < -0.4 is 40.0 Å². The van der Waals surface area contributed by atoms with E-state index in [1.54, 1.807) is 27.5 Å². The molecule has 65 heavy (non-hydrogen) atoms. The fourth-order valence-corrected chi connectivity index (χ4v) is 8.24. The molecule has 8 rings (SSSR count). The Morgan fingerprint density at radius 3 is 2.00 bits per heavy atom. The van der Waals surface area contributed by atoms with Crippen molar-refractivity contribution in [2.24, 2.45) is 0 Å². The van der Waals surface area contributed by atoms with Crippen LogP contribution in [0.25, 0.3) is 22.2 Å². The number of pyridine rings is 2.